The number of hydrogen-bond acceptors (Lipinski definition) is 3. The Bertz CT molecular complexity index is 582. The van der Waals surface area contributed by atoms with Gasteiger partial charge in [0.05, 0.1) is 6.07 Å². The zero-order valence-corrected chi connectivity index (χ0v) is 11.9. The van der Waals surface area contributed by atoms with E-state index in [0.29, 0.717) is 6.42 Å². The summed E-state index contributed by atoms with van der Waals surface area (Å²) in [6.07, 6.45) is 5.21. The summed E-state index contributed by atoms with van der Waals surface area (Å²) in [6.45, 7) is 2.95. The lowest BCUT2D eigenvalue weighted by Gasteiger charge is -2.06. The average Bonchev–Trinajstić information content (AvgIpc) is 2.67. The van der Waals surface area contributed by atoms with E-state index in [1.54, 1.807) is 6.20 Å². The van der Waals surface area contributed by atoms with Crippen LogP contribution in [0.4, 0.5) is 0 Å². The minimum Gasteiger partial charge on any atom is -0.313 e. The number of imidazole rings is 1. The van der Waals surface area contributed by atoms with Crippen molar-refractivity contribution in [2.75, 3.05) is 0 Å². The van der Waals surface area contributed by atoms with Crippen molar-refractivity contribution in [3.8, 4) is 6.07 Å². The molecule has 0 fully saturated rings. The number of pyridine rings is 1. The molecule has 4 nitrogen and oxygen atoms in total. The summed E-state index contributed by atoms with van der Waals surface area (Å²) in [6, 6.07) is 4.17. The number of rotatable bonds is 5. The molecule has 0 saturated carbocycles. The molecule has 94 valence electrons. The standard InChI is InChI=1S/C13H15BrN4/c1-2-5-12-17-11-8-10(14)9-16-13(11)18(12)7-4-3-6-15/h8-9H,2-5,7H2,1H3. The Labute approximate surface area is 115 Å². The molecule has 0 bridgehead atoms. The second-order valence-electron chi connectivity index (χ2n) is 4.19. The number of nitrogens with zero attached hydrogens (tertiary/aromatic N) is 4. The summed E-state index contributed by atoms with van der Waals surface area (Å²) >= 11 is 3.41. The average molecular weight is 307 g/mol. The van der Waals surface area contributed by atoms with Gasteiger partial charge in [0.1, 0.15) is 11.3 Å². The van der Waals surface area contributed by atoms with E-state index in [1.165, 1.54) is 0 Å². The number of unbranched alkanes of at least 4 members (excludes halogenated alkanes) is 1. The van der Waals surface area contributed by atoms with Crippen LogP contribution >= 0.6 is 15.9 Å². The third-order valence-corrected chi connectivity index (χ3v) is 3.21. The van der Waals surface area contributed by atoms with Crippen molar-refractivity contribution in [2.24, 2.45) is 0 Å². The molecule has 0 saturated heterocycles. The zero-order chi connectivity index (χ0) is 13.0. The molecule has 0 N–H and O–H groups in total. The van der Waals surface area contributed by atoms with Crippen LogP contribution in [0.25, 0.3) is 11.2 Å². The third-order valence-electron chi connectivity index (χ3n) is 2.77. The number of aromatic nitrogens is 3. The van der Waals surface area contributed by atoms with Crippen LogP contribution in [0.15, 0.2) is 16.7 Å². The quantitative estimate of drug-likeness (QED) is 0.795. The highest BCUT2D eigenvalue weighted by Crippen LogP contribution is 2.19. The summed E-state index contributed by atoms with van der Waals surface area (Å²) < 4.78 is 3.09. The summed E-state index contributed by atoms with van der Waals surface area (Å²) in [4.78, 5) is 9.06. The second kappa shape index (κ2) is 5.96. The van der Waals surface area contributed by atoms with Crippen LogP contribution < -0.4 is 0 Å². The predicted molar refractivity (Wildman–Crippen MR) is 74.1 cm³/mol. The molecular formula is C13H15BrN4. The first-order valence-corrected chi connectivity index (χ1v) is 6.93. The highest BCUT2D eigenvalue weighted by Gasteiger charge is 2.11. The first-order chi connectivity index (χ1) is 8.76. The number of nitriles is 1. The van der Waals surface area contributed by atoms with Crippen molar-refractivity contribution in [3.63, 3.8) is 0 Å². The Morgan fingerprint density at radius 1 is 1.50 bits per heavy atom. The number of aryl methyl sites for hydroxylation is 2. The maximum absolute atomic E-state index is 8.62. The molecule has 2 rings (SSSR count). The zero-order valence-electron chi connectivity index (χ0n) is 10.4. The topological polar surface area (TPSA) is 54.5 Å². The molecule has 0 amide bonds. The van der Waals surface area contributed by atoms with Gasteiger partial charge in [-0.1, -0.05) is 6.92 Å². The van der Waals surface area contributed by atoms with Crippen molar-refractivity contribution in [1.29, 1.82) is 5.26 Å². The van der Waals surface area contributed by atoms with Crippen LogP contribution in [0.3, 0.4) is 0 Å². The molecule has 0 aromatic carbocycles. The molecule has 0 radical (unpaired) electrons. The van der Waals surface area contributed by atoms with Crippen LogP contribution in [0, 0.1) is 11.3 Å². The molecular weight excluding hydrogens is 292 g/mol. The second-order valence-corrected chi connectivity index (χ2v) is 5.10. The predicted octanol–water partition coefficient (Wildman–Crippen LogP) is 3.45. The largest absolute Gasteiger partial charge is 0.313 e. The summed E-state index contributed by atoms with van der Waals surface area (Å²) in [5.41, 5.74) is 1.84. The summed E-state index contributed by atoms with van der Waals surface area (Å²) in [5, 5.41) is 8.62. The van der Waals surface area contributed by atoms with E-state index in [0.717, 1.165) is 47.3 Å². The molecule has 5 heteroatoms. The van der Waals surface area contributed by atoms with Gasteiger partial charge in [0.15, 0.2) is 5.65 Å². The first-order valence-electron chi connectivity index (χ1n) is 6.14. The van der Waals surface area contributed by atoms with Gasteiger partial charge in [0.25, 0.3) is 0 Å². The van der Waals surface area contributed by atoms with Crippen molar-refractivity contribution >= 4 is 27.1 Å². The van der Waals surface area contributed by atoms with Gasteiger partial charge in [-0.3, -0.25) is 0 Å². The summed E-state index contributed by atoms with van der Waals surface area (Å²) in [7, 11) is 0. The fourth-order valence-electron chi connectivity index (χ4n) is 2.00. The van der Waals surface area contributed by atoms with Gasteiger partial charge in [0, 0.05) is 30.1 Å². The lowest BCUT2D eigenvalue weighted by Crippen LogP contribution is -2.04. The smallest absolute Gasteiger partial charge is 0.160 e. The Hall–Kier alpha value is -1.41. The van der Waals surface area contributed by atoms with Crippen molar-refractivity contribution in [2.45, 2.75) is 39.2 Å². The van der Waals surface area contributed by atoms with Gasteiger partial charge in [-0.2, -0.15) is 5.26 Å². The molecule has 0 unspecified atom stereocenters. The lowest BCUT2D eigenvalue weighted by atomic mass is 10.3. The molecule has 0 spiro atoms. The van der Waals surface area contributed by atoms with E-state index in [4.69, 9.17) is 5.26 Å². The first kappa shape index (κ1) is 13.0. The van der Waals surface area contributed by atoms with Crippen LogP contribution in [0.2, 0.25) is 0 Å². The Kier molecular flexibility index (Phi) is 4.32. The molecule has 2 aromatic heterocycles. The molecule has 0 atom stereocenters. The van der Waals surface area contributed by atoms with Gasteiger partial charge in [-0.25, -0.2) is 9.97 Å². The van der Waals surface area contributed by atoms with Gasteiger partial charge in [-0.15, -0.1) is 0 Å². The van der Waals surface area contributed by atoms with Crippen LogP contribution in [0.5, 0.6) is 0 Å². The maximum atomic E-state index is 8.62. The van der Waals surface area contributed by atoms with Crippen LogP contribution in [-0.2, 0) is 13.0 Å². The van der Waals surface area contributed by atoms with Gasteiger partial charge >= 0.3 is 0 Å². The maximum Gasteiger partial charge on any atom is 0.160 e. The van der Waals surface area contributed by atoms with Crippen molar-refractivity contribution in [3.05, 3.63) is 22.6 Å². The van der Waals surface area contributed by atoms with Crippen molar-refractivity contribution < 1.29 is 0 Å². The fraction of sp³-hybridized carbons (Fsp3) is 0.462. The van der Waals surface area contributed by atoms with Crippen LogP contribution in [0.1, 0.15) is 32.0 Å². The number of fused-ring (bicyclic) bond motifs is 1. The Morgan fingerprint density at radius 2 is 2.33 bits per heavy atom. The molecule has 2 heterocycles. The third kappa shape index (κ3) is 2.70. The SMILES string of the molecule is CCCc1nc2cc(Br)cnc2n1CCCC#N. The molecule has 0 aliphatic carbocycles. The molecule has 18 heavy (non-hydrogen) atoms. The Morgan fingerprint density at radius 3 is 3.06 bits per heavy atom. The highest BCUT2D eigenvalue weighted by atomic mass is 79.9. The van der Waals surface area contributed by atoms with Gasteiger partial charge < -0.3 is 4.57 Å². The highest BCUT2D eigenvalue weighted by molar-refractivity contribution is 9.10. The minimum atomic E-state index is 0.571. The molecule has 0 aliphatic heterocycles. The van der Waals surface area contributed by atoms with Crippen molar-refractivity contribution in [1.82, 2.24) is 14.5 Å². The number of halogens is 1. The minimum absolute atomic E-state index is 0.571. The number of hydrogen-bond donors (Lipinski definition) is 0. The van der Waals surface area contributed by atoms with E-state index in [2.05, 4.69) is 43.5 Å². The van der Waals surface area contributed by atoms with E-state index in [1.807, 2.05) is 6.07 Å². The molecule has 2 aromatic rings. The normalized spacial score (nSPS) is 10.7. The van der Waals surface area contributed by atoms with E-state index in [-0.39, 0.29) is 0 Å². The fourth-order valence-corrected chi connectivity index (χ4v) is 2.32. The van der Waals surface area contributed by atoms with Crippen LogP contribution in [-0.4, -0.2) is 14.5 Å². The van der Waals surface area contributed by atoms with E-state index < -0.39 is 0 Å². The summed E-state index contributed by atoms with van der Waals surface area (Å²) in [5.74, 6) is 1.07. The van der Waals surface area contributed by atoms with Gasteiger partial charge in [-0.05, 0) is 34.8 Å². The monoisotopic (exact) mass is 306 g/mol. The van der Waals surface area contributed by atoms with E-state index >= 15 is 0 Å². The van der Waals surface area contributed by atoms with Gasteiger partial charge in [0.2, 0.25) is 0 Å². The Balaban J connectivity index is 2.39. The molecule has 0 aliphatic rings. The lowest BCUT2D eigenvalue weighted by molar-refractivity contribution is 0.624. The van der Waals surface area contributed by atoms with E-state index in [9.17, 15) is 0 Å².